The monoisotopic (exact) mass is 841 g/mol. The lowest BCUT2D eigenvalue weighted by atomic mass is 9.97. The normalized spacial score (nSPS) is 14.6. The molecule has 0 saturated heterocycles. The molecule has 20 nitrogen and oxygen atoms in total. The second-order valence-electron chi connectivity index (χ2n) is 15.0. The Morgan fingerprint density at radius 1 is 0.650 bits per heavy atom. The van der Waals surface area contributed by atoms with E-state index in [1.54, 1.807) is 58.0 Å². The second kappa shape index (κ2) is 23.9. The first-order chi connectivity index (χ1) is 28.1. The molecule has 7 atom stereocenters. The van der Waals surface area contributed by atoms with Gasteiger partial charge < -0.3 is 58.1 Å². The van der Waals surface area contributed by atoms with Crippen LogP contribution in [0.25, 0.3) is 0 Å². The fourth-order valence-corrected chi connectivity index (χ4v) is 5.75. The van der Waals surface area contributed by atoms with Gasteiger partial charge in [0, 0.05) is 12.1 Å². The summed E-state index contributed by atoms with van der Waals surface area (Å²) >= 11 is 0. The summed E-state index contributed by atoms with van der Waals surface area (Å²) in [5, 5.41) is 53.7. The van der Waals surface area contributed by atoms with Gasteiger partial charge in [0.25, 0.3) is 5.91 Å². The first-order valence-corrected chi connectivity index (χ1v) is 19.2. The lowest BCUT2D eigenvalue weighted by Crippen LogP contribution is -2.61. The zero-order chi connectivity index (χ0) is 45.3. The van der Waals surface area contributed by atoms with E-state index in [9.17, 15) is 58.5 Å². The van der Waals surface area contributed by atoms with Crippen molar-refractivity contribution in [1.29, 1.82) is 0 Å². The van der Waals surface area contributed by atoms with Crippen molar-refractivity contribution in [3.8, 4) is 0 Å². The smallest absolute Gasteiger partial charge is 0.335 e. The van der Waals surface area contributed by atoms with E-state index < -0.39 is 108 Å². The molecule has 0 aliphatic heterocycles. The molecule has 0 aliphatic rings. The molecule has 12 N–H and O–H groups in total. The fourth-order valence-electron chi connectivity index (χ4n) is 5.75. The van der Waals surface area contributed by atoms with Crippen LogP contribution in [0.2, 0.25) is 0 Å². The van der Waals surface area contributed by atoms with E-state index in [0.717, 1.165) is 0 Å². The molecular weight excluding hydrogens is 786 g/mol. The molecule has 0 aliphatic carbocycles. The Morgan fingerprint density at radius 3 is 1.83 bits per heavy atom. The number of aliphatic carboxylic acids is 2. The summed E-state index contributed by atoms with van der Waals surface area (Å²) in [4.78, 5) is 114. The van der Waals surface area contributed by atoms with Crippen molar-refractivity contribution in [2.75, 3.05) is 5.32 Å². The zero-order valence-electron chi connectivity index (χ0n) is 34.0. The number of aliphatic hydroxyl groups is 1. The first-order valence-electron chi connectivity index (χ1n) is 19.2. The third kappa shape index (κ3) is 16.8. The quantitative estimate of drug-likeness (QED) is 0.0649. The molecule has 0 radical (unpaired) electrons. The van der Waals surface area contributed by atoms with Gasteiger partial charge in [-0.2, -0.15) is 0 Å². The van der Waals surface area contributed by atoms with Gasteiger partial charge in [0.15, 0.2) is 6.10 Å². The summed E-state index contributed by atoms with van der Waals surface area (Å²) < 4.78 is 0. The summed E-state index contributed by atoms with van der Waals surface area (Å²) in [5.41, 5.74) is 6.36. The Morgan fingerprint density at radius 2 is 1.27 bits per heavy atom. The SMILES string of the molecule is CC(C)C[C@H](NC(=O)[C@@H](NC(=O)[C@@H](N)CCC(=O)O)C(C)C)C(=O)N[C@@H](Cc1ccccc1)[C@@H](O)C(=O)N[C@@H](CC(=O)O)C(=O)N[C@@H](C)C(=O)Nc1cccc(C(=O)O)c1. The molecule has 2 aromatic rings. The van der Waals surface area contributed by atoms with Gasteiger partial charge in [-0.05, 0) is 61.8 Å². The van der Waals surface area contributed by atoms with Crippen LogP contribution in [0.4, 0.5) is 5.69 Å². The Labute approximate surface area is 346 Å². The molecule has 328 valence electrons. The number of amides is 6. The average molecular weight is 842 g/mol. The van der Waals surface area contributed by atoms with Gasteiger partial charge in [-0.3, -0.25) is 38.4 Å². The molecule has 0 heterocycles. The molecule has 0 fully saturated rings. The van der Waals surface area contributed by atoms with Gasteiger partial charge in [0.1, 0.15) is 24.2 Å². The van der Waals surface area contributed by atoms with Crippen LogP contribution in [0.15, 0.2) is 54.6 Å². The molecule has 2 rings (SSSR count). The highest BCUT2D eigenvalue weighted by molar-refractivity contribution is 6.00. The topological polar surface area (TPSA) is 333 Å². The van der Waals surface area contributed by atoms with E-state index in [2.05, 4.69) is 31.9 Å². The number of carbonyl (C=O) groups is 9. The number of carboxylic acid groups (broad SMARTS) is 3. The van der Waals surface area contributed by atoms with Crippen LogP contribution in [0, 0.1) is 11.8 Å². The summed E-state index contributed by atoms with van der Waals surface area (Å²) in [6.45, 7) is 8.07. The predicted octanol–water partition coefficient (Wildman–Crippen LogP) is -0.260. The number of rotatable bonds is 24. The van der Waals surface area contributed by atoms with Gasteiger partial charge in [0.05, 0.1) is 24.1 Å². The minimum absolute atomic E-state index is 0.0619. The molecule has 0 unspecified atom stereocenters. The number of anilines is 1. The van der Waals surface area contributed by atoms with E-state index >= 15 is 0 Å². The summed E-state index contributed by atoms with van der Waals surface area (Å²) in [5.74, 6) is -10.2. The third-order valence-electron chi connectivity index (χ3n) is 9.01. The van der Waals surface area contributed by atoms with E-state index in [-0.39, 0.29) is 42.9 Å². The van der Waals surface area contributed by atoms with Crippen molar-refractivity contribution in [2.45, 2.75) is 109 Å². The minimum Gasteiger partial charge on any atom is -0.481 e. The van der Waals surface area contributed by atoms with Crippen LogP contribution in [-0.4, -0.2) is 116 Å². The molecular formula is C40H55N7O13. The molecule has 0 spiro atoms. The fraction of sp³-hybridized carbons (Fsp3) is 0.475. The maximum absolute atomic E-state index is 13.9. The van der Waals surface area contributed by atoms with Crippen molar-refractivity contribution >= 4 is 59.0 Å². The van der Waals surface area contributed by atoms with E-state index in [0.29, 0.717) is 5.56 Å². The molecule has 0 saturated carbocycles. The average Bonchev–Trinajstić information content (AvgIpc) is 3.17. The minimum atomic E-state index is -2.11. The van der Waals surface area contributed by atoms with Crippen molar-refractivity contribution < 1.29 is 63.6 Å². The van der Waals surface area contributed by atoms with Gasteiger partial charge >= 0.3 is 17.9 Å². The van der Waals surface area contributed by atoms with Crippen LogP contribution < -0.4 is 37.6 Å². The molecule has 60 heavy (non-hydrogen) atoms. The van der Waals surface area contributed by atoms with Crippen LogP contribution >= 0.6 is 0 Å². The Hall–Kier alpha value is -6.41. The second-order valence-corrected chi connectivity index (χ2v) is 15.0. The number of nitrogens with one attached hydrogen (secondary N) is 6. The molecule has 0 bridgehead atoms. The van der Waals surface area contributed by atoms with E-state index in [1.807, 2.05) is 0 Å². The largest absolute Gasteiger partial charge is 0.481 e. The molecule has 20 heteroatoms. The number of carboxylic acids is 3. The lowest BCUT2D eigenvalue weighted by Gasteiger charge is -2.30. The number of benzene rings is 2. The third-order valence-corrected chi connectivity index (χ3v) is 9.01. The van der Waals surface area contributed by atoms with Crippen LogP contribution in [0.1, 0.15) is 76.2 Å². The maximum atomic E-state index is 13.9. The number of carbonyl (C=O) groups excluding carboxylic acids is 6. The highest BCUT2D eigenvalue weighted by Gasteiger charge is 2.36. The van der Waals surface area contributed by atoms with Crippen molar-refractivity contribution in [3.63, 3.8) is 0 Å². The highest BCUT2D eigenvalue weighted by atomic mass is 16.4. The lowest BCUT2D eigenvalue weighted by molar-refractivity contribution is -0.142. The van der Waals surface area contributed by atoms with Crippen LogP contribution in [0.3, 0.4) is 0 Å². The number of aliphatic hydroxyl groups excluding tert-OH is 1. The van der Waals surface area contributed by atoms with Gasteiger partial charge in [-0.25, -0.2) is 4.79 Å². The summed E-state index contributed by atoms with van der Waals surface area (Å²) in [7, 11) is 0. The van der Waals surface area contributed by atoms with Crippen molar-refractivity contribution in [3.05, 3.63) is 65.7 Å². The molecule has 0 aromatic heterocycles. The summed E-state index contributed by atoms with van der Waals surface area (Å²) in [6.07, 6.45) is -3.74. The van der Waals surface area contributed by atoms with Crippen LogP contribution in [0.5, 0.6) is 0 Å². The van der Waals surface area contributed by atoms with E-state index in [4.69, 9.17) is 10.8 Å². The first kappa shape index (κ1) is 49.7. The Kier molecular flexibility index (Phi) is 19.8. The maximum Gasteiger partial charge on any atom is 0.335 e. The highest BCUT2D eigenvalue weighted by Crippen LogP contribution is 2.14. The predicted molar refractivity (Wildman–Crippen MR) is 215 cm³/mol. The Bertz CT molecular complexity index is 1860. The number of nitrogens with two attached hydrogens (primary N) is 1. The van der Waals surface area contributed by atoms with Gasteiger partial charge in [-0.1, -0.05) is 64.1 Å². The van der Waals surface area contributed by atoms with Gasteiger partial charge in [0.2, 0.25) is 29.5 Å². The van der Waals surface area contributed by atoms with Crippen molar-refractivity contribution in [1.82, 2.24) is 26.6 Å². The van der Waals surface area contributed by atoms with Crippen LogP contribution in [-0.2, 0) is 44.8 Å². The standard InChI is InChI=1S/C40H55N7O13/c1-20(2)16-28(45-38(57)32(21(3)4)47-35(54)26(41)14-15-30(48)49)37(56)44-27(17-23-10-7-6-8-11-23)33(52)39(58)46-29(19-31(50)51)36(55)42-22(5)34(53)43-25-13-9-12-24(18-25)40(59)60/h6-13,18,20-22,26-29,32-33,52H,14-17,19,41H2,1-5H3,(H,42,55)(H,43,53)(H,44,56)(H,45,57)(H,46,58)(H,47,54)(H,48,49)(H,50,51)(H,59,60)/t22-,26-,27-,28-,29-,32-,33+/m0/s1. The Balaban J connectivity index is 2.30. The molecule has 2 aromatic carbocycles. The van der Waals surface area contributed by atoms with Gasteiger partial charge in [-0.15, -0.1) is 0 Å². The number of hydrogen-bond acceptors (Lipinski definition) is 11. The van der Waals surface area contributed by atoms with Crippen molar-refractivity contribution in [2.24, 2.45) is 17.6 Å². The molecule has 6 amide bonds. The zero-order valence-corrected chi connectivity index (χ0v) is 34.0. The number of hydrogen-bond donors (Lipinski definition) is 11. The summed E-state index contributed by atoms with van der Waals surface area (Å²) in [6, 6.07) is 5.38. The van der Waals surface area contributed by atoms with E-state index in [1.165, 1.54) is 31.2 Å². The number of aromatic carboxylic acids is 1.